The Balaban J connectivity index is 2.06. The molecule has 0 aromatic heterocycles. The maximum Gasteiger partial charge on any atom is 0.322 e. The van der Waals surface area contributed by atoms with Gasteiger partial charge in [0.2, 0.25) is 0 Å². The van der Waals surface area contributed by atoms with Crippen LogP contribution in [-0.2, 0) is 4.79 Å². The summed E-state index contributed by atoms with van der Waals surface area (Å²) in [4.78, 5) is 24.9. The van der Waals surface area contributed by atoms with E-state index in [-0.39, 0.29) is 18.5 Å². The second-order valence-corrected chi connectivity index (χ2v) is 6.19. The highest BCUT2D eigenvalue weighted by atomic mass is 79.9. The lowest BCUT2D eigenvalue weighted by molar-refractivity contribution is -0.138. The number of halogens is 1. The van der Waals surface area contributed by atoms with Crippen molar-refractivity contribution in [2.75, 3.05) is 11.9 Å². The molecule has 0 spiro atoms. The van der Waals surface area contributed by atoms with E-state index in [1.54, 1.807) is 4.90 Å². The Morgan fingerprint density at radius 3 is 2.86 bits per heavy atom. The summed E-state index contributed by atoms with van der Waals surface area (Å²) in [6.07, 6.45) is 2.65. The first-order valence-corrected chi connectivity index (χ1v) is 7.82. The lowest BCUT2D eigenvalue weighted by atomic mass is 10.00. The number of rotatable bonds is 3. The standard InChI is InChI=1S/C15H19BrN2O3/c1-10-8-11(5-6-13(10)16)17-15(21)18-7-3-2-4-12(18)9-14(19)20/h5-6,8,12H,2-4,7,9H2,1H3,(H,17,21)(H,19,20). The summed E-state index contributed by atoms with van der Waals surface area (Å²) in [6.45, 7) is 2.56. The molecule has 1 aliphatic rings. The normalized spacial score (nSPS) is 18.4. The maximum absolute atomic E-state index is 12.4. The van der Waals surface area contributed by atoms with E-state index >= 15 is 0 Å². The fourth-order valence-corrected chi connectivity index (χ4v) is 2.85. The van der Waals surface area contributed by atoms with Gasteiger partial charge in [0.25, 0.3) is 0 Å². The molecular formula is C15H19BrN2O3. The molecule has 0 radical (unpaired) electrons. The molecule has 5 nitrogen and oxygen atoms in total. The summed E-state index contributed by atoms with van der Waals surface area (Å²) in [7, 11) is 0. The van der Waals surface area contributed by atoms with Crippen LogP contribution in [0.1, 0.15) is 31.2 Å². The Hall–Kier alpha value is -1.56. The number of nitrogens with one attached hydrogen (secondary N) is 1. The van der Waals surface area contributed by atoms with Crippen molar-refractivity contribution in [3.8, 4) is 0 Å². The molecule has 2 N–H and O–H groups in total. The van der Waals surface area contributed by atoms with E-state index in [2.05, 4.69) is 21.2 Å². The van der Waals surface area contributed by atoms with Gasteiger partial charge >= 0.3 is 12.0 Å². The molecule has 0 aliphatic carbocycles. The van der Waals surface area contributed by atoms with E-state index in [0.717, 1.165) is 35.0 Å². The van der Waals surface area contributed by atoms with E-state index in [1.165, 1.54) is 0 Å². The lowest BCUT2D eigenvalue weighted by Crippen LogP contribution is -2.46. The summed E-state index contributed by atoms with van der Waals surface area (Å²) < 4.78 is 0.988. The topological polar surface area (TPSA) is 69.6 Å². The maximum atomic E-state index is 12.4. The Kier molecular flexibility index (Phi) is 5.22. The van der Waals surface area contributed by atoms with Crippen molar-refractivity contribution in [3.05, 3.63) is 28.2 Å². The van der Waals surface area contributed by atoms with Gasteiger partial charge < -0.3 is 15.3 Å². The molecule has 21 heavy (non-hydrogen) atoms. The van der Waals surface area contributed by atoms with Gasteiger partial charge in [0.05, 0.1) is 6.42 Å². The van der Waals surface area contributed by atoms with Crippen molar-refractivity contribution in [2.24, 2.45) is 0 Å². The molecule has 114 valence electrons. The first-order valence-electron chi connectivity index (χ1n) is 7.03. The van der Waals surface area contributed by atoms with Gasteiger partial charge in [-0.2, -0.15) is 0 Å². The molecule has 1 unspecified atom stereocenters. The average Bonchev–Trinajstić information content (AvgIpc) is 2.43. The zero-order valence-corrected chi connectivity index (χ0v) is 13.5. The number of hydrogen-bond acceptors (Lipinski definition) is 2. The predicted octanol–water partition coefficient (Wildman–Crippen LogP) is 3.62. The van der Waals surface area contributed by atoms with Crippen LogP contribution in [0.3, 0.4) is 0 Å². The van der Waals surface area contributed by atoms with Crippen LogP contribution in [-0.4, -0.2) is 34.6 Å². The highest BCUT2D eigenvalue weighted by Gasteiger charge is 2.28. The Bertz CT molecular complexity index is 548. The number of carbonyl (C=O) groups excluding carboxylic acids is 1. The third-order valence-corrected chi connectivity index (χ3v) is 4.60. The van der Waals surface area contributed by atoms with Crippen molar-refractivity contribution in [1.29, 1.82) is 0 Å². The van der Waals surface area contributed by atoms with E-state index < -0.39 is 5.97 Å². The number of nitrogens with zero attached hydrogens (tertiary/aromatic N) is 1. The number of hydrogen-bond donors (Lipinski definition) is 2. The summed E-state index contributed by atoms with van der Waals surface area (Å²) in [5.74, 6) is -0.862. The van der Waals surface area contributed by atoms with Crippen LogP contribution < -0.4 is 5.32 Å². The first-order chi connectivity index (χ1) is 9.97. The number of anilines is 1. The highest BCUT2D eigenvalue weighted by Crippen LogP contribution is 2.23. The lowest BCUT2D eigenvalue weighted by Gasteiger charge is -2.34. The van der Waals surface area contributed by atoms with Crippen LogP contribution in [0.15, 0.2) is 22.7 Å². The SMILES string of the molecule is Cc1cc(NC(=O)N2CCCCC2CC(=O)O)ccc1Br. The number of aliphatic carboxylic acids is 1. The molecule has 1 heterocycles. The summed E-state index contributed by atoms with van der Waals surface area (Å²) in [5.41, 5.74) is 1.76. The molecule has 2 rings (SSSR count). The molecule has 1 atom stereocenters. The van der Waals surface area contributed by atoms with Gasteiger partial charge in [-0.25, -0.2) is 4.79 Å². The van der Waals surface area contributed by atoms with Crippen molar-refractivity contribution >= 4 is 33.6 Å². The van der Waals surface area contributed by atoms with Crippen LogP contribution in [0, 0.1) is 6.92 Å². The Labute approximate surface area is 132 Å². The van der Waals surface area contributed by atoms with Gasteiger partial charge in [-0.15, -0.1) is 0 Å². The van der Waals surface area contributed by atoms with Gasteiger partial charge in [0, 0.05) is 22.7 Å². The third-order valence-electron chi connectivity index (χ3n) is 3.71. The van der Waals surface area contributed by atoms with E-state index in [4.69, 9.17) is 5.11 Å². The number of likely N-dealkylation sites (tertiary alicyclic amines) is 1. The van der Waals surface area contributed by atoms with Gasteiger partial charge in [-0.3, -0.25) is 4.79 Å². The summed E-state index contributed by atoms with van der Waals surface area (Å²) in [5, 5.41) is 11.8. The van der Waals surface area contributed by atoms with E-state index in [0.29, 0.717) is 6.54 Å². The van der Waals surface area contributed by atoms with Crippen molar-refractivity contribution in [2.45, 2.75) is 38.6 Å². The minimum atomic E-state index is -0.862. The highest BCUT2D eigenvalue weighted by molar-refractivity contribution is 9.10. The number of carboxylic acids is 1. The molecule has 1 aromatic rings. The van der Waals surface area contributed by atoms with Crippen LogP contribution in [0.2, 0.25) is 0 Å². The molecule has 6 heteroatoms. The quantitative estimate of drug-likeness (QED) is 0.870. The average molecular weight is 355 g/mol. The molecular weight excluding hydrogens is 336 g/mol. The third kappa shape index (κ3) is 4.20. The zero-order valence-electron chi connectivity index (χ0n) is 11.9. The fraction of sp³-hybridized carbons (Fsp3) is 0.467. The number of benzene rings is 1. The smallest absolute Gasteiger partial charge is 0.322 e. The van der Waals surface area contributed by atoms with Crippen LogP contribution in [0.5, 0.6) is 0 Å². The molecule has 1 aliphatic heterocycles. The Morgan fingerprint density at radius 1 is 1.43 bits per heavy atom. The number of aryl methyl sites for hydroxylation is 1. The fourth-order valence-electron chi connectivity index (χ4n) is 2.60. The number of amides is 2. The molecule has 1 aromatic carbocycles. The van der Waals surface area contributed by atoms with Crippen molar-refractivity contribution in [1.82, 2.24) is 4.90 Å². The van der Waals surface area contributed by atoms with Crippen molar-refractivity contribution in [3.63, 3.8) is 0 Å². The first kappa shape index (κ1) is 15.8. The minimum absolute atomic E-state index is 0.00673. The summed E-state index contributed by atoms with van der Waals surface area (Å²) in [6, 6.07) is 5.16. The number of urea groups is 1. The number of carbonyl (C=O) groups is 2. The van der Waals surface area contributed by atoms with Crippen LogP contribution >= 0.6 is 15.9 Å². The zero-order chi connectivity index (χ0) is 15.4. The molecule has 0 saturated carbocycles. The van der Waals surface area contributed by atoms with Gasteiger partial charge in [-0.05, 0) is 49.9 Å². The largest absolute Gasteiger partial charge is 0.481 e. The monoisotopic (exact) mass is 354 g/mol. The van der Waals surface area contributed by atoms with E-state index in [9.17, 15) is 9.59 Å². The van der Waals surface area contributed by atoms with Gasteiger partial charge in [0.15, 0.2) is 0 Å². The molecule has 1 fully saturated rings. The summed E-state index contributed by atoms with van der Waals surface area (Å²) >= 11 is 3.42. The molecule has 2 amide bonds. The second-order valence-electron chi connectivity index (χ2n) is 5.33. The molecule has 1 saturated heterocycles. The number of piperidine rings is 1. The second kappa shape index (κ2) is 6.93. The van der Waals surface area contributed by atoms with E-state index in [1.807, 2.05) is 25.1 Å². The van der Waals surface area contributed by atoms with Crippen LogP contribution in [0.25, 0.3) is 0 Å². The van der Waals surface area contributed by atoms with Gasteiger partial charge in [0.1, 0.15) is 0 Å². The molecule has 0 bridgehead atoms. The minimum Gasteiger partial charge on any atom is -0.481 e. The predicted molar refractivity (Wildman–Crippen MR) is 84.5 cm³/mol. The Morgan fingerprint density at radius 2 is 2.19 bits per heavy atom. The van der Waals surface area contributed by atoms with Crippen molar-refractivity contribution < 1.29 is 14.7 Å². The van der Waals surface area contributed by atoms with Crippen LogP contribution in [0.4, 0.5) is 10.5 Å². The number of carboxylic acid groups (broad SMARTS) is 1. The van der Waals surface area contributed by atoms with Gasteiger partial charge in [-0.1, -0.05) is 15.9 Å².